The number of hydrogen-bond acceptors (Lipinski definition) is 4. The van der Waals surface area contributed by atoms with Crippen molar-refractivity contribution in [3.8, 4) is 11.6 Å². The SMILES string of the molecule is CCc1cccc(Oc2nc(NC)ncc2F)c1. The number of ether oxygens (including phenoxy) is 1. The van der Waals surface area contributed by atoms with Crippen LogP contribution in [0.1, 0.15) is 12.5 Å². The van der Waals surface area contributed by atoms with Crippen LogP contribution in [0, 0.1) is 5.82 Å². The summed E-state index contributed by atoms with van der Waals surface area (Å²) in [5, 5.41) is 2.73. The van der Waals surface area contributed by atoms with Crippen molar-refractivity contribution in [3.63, 3.8) is 0 Å². The van der Waals surface area contributed by atoms with E-state index in [0.29, 0.717) is 11.7 Å². The number of hydrogen-bond donors (Lipinski definition) is 1. The summed E-state index contributed by atoms with van der Waals surface area (Å²) in [6.45, 7) is 2.05. The van der Waals surface area contributed by atoms with Crippen LogP contribution >= 0.6 is 0 Å². The van der Waals surface area contributed by atoms with E-state index in [2.05, 4.69) is 15.3 Å². The van der Waals surface area contributed by atoms with Crippen LogP contribution in [0.4, 0.5) is 10.3 Å². The summed E-state index contributed by atoms with van der Waals surface area (Å²) in [7, 11) is 1.66. The Morgan fingerprint density at radius 1 is 1.39 bits per heavy atom. The normalized spacial score (nSPS) is 10.2. The van der Waals surface area contributed by atoms with Crippen LogP contribution in [0.2, 0.25) is 0 Å². The number of benzene rings is 1. The van der Waals surface area contributed by atoms with Gasteiger partial charge in [-0.25, -0.2) is 4.98 Å². The molecule has 0 atom stereocenters. The van der Waals surface area contributed by atoms with E-state index in [0.717, 1.165) is 18.2 Å². The van der Waals surface area contributed by atoms with Gasteiger partial charge in [0, 0.05) is 7.05 Å². The van der Waals surface area contributed by atoms with Gasteiger partial charge in [-0.3, -0.25) is 0 Å². The zero-order chi connectivity index (χ0) is 13.0. The molecule has 0 amide bonds. The van der Waals surface area contributed by atoms with E-state index < -0.39 is 5.82 Å². The van der Waals surface area contributed by atoms with Crippen LogP contribution in [0.3, 0.4) is 0 Å². The first-order chi connectivity index (χ1) is 8.72. The quantitative estimate of drug-likeness (QED) is 0.902. The number of nitrogens with one attached hydrogen (secondary N) is 1. The summed E-state index contributed by atoms with van der Waals surface area (Å²) in [5.74, 6) is 0.213. The smallest absolute Gasteiger partial charge is 0.260 e. The third-order valence-corrected chi connectivity index (χ3v) is 2.46. The van der Waals surface area contributed by atoms with Gasteiger partial charge in [-0.1, -0.05) is 19.1 Å². The van der Waals surface area contributed by atoms with Crippen molar-refractivity contribution in [1.29, 1.82) is 0 Å². The Labute approximate surface area is 105 Å². The minimum absolute atomic E-state index is 0.0809. The molecular formula is C13H14FN3O. The lowest BCUT2D eigenvalue weighted by molar-refractivity contribution is 0.420. The Bertz CT molecular complexity index is 546. The molecule has 0 spiro atoms. The van der Waals surface area contributed by atoms with Crippen molar-refractivity contribution >= 4 is 5.95 Å². The van der Waals surface area contributed by atoms with E-state index in [1.54, 1.807) is 13.1 Å². The molecule has 0 saturated heterocycles. The Morgan fingerprint density at radius 3 is 2.94 bits per heavy atom. The molecule has 2 aromatic rings. The highest BCUT2D eigenvalue weighted by atomic mass is 19.1. The third-order valence-electron chi connectivity index (χ3n) is 2.46. The van der Waals surface area contributed by atoms with Crippen molar-refractivity contribution in [2.45, 2.75) is 13.3 Å². The standard InChI is InChI=1S/C13H14FN3O/c1-3-9-5-4-6-10(7-9)18-12-11(14)8-16-13(15-2)17-12/h4-8H,3H2,1-2H3,(H,15,16,17). The van der Waals surface area contributed by atoms with E-state index in [1.807, 2.05) is 25.1 Å². The van der Waals surface area contributed by atoms with Crippen molar-refractivity contribution in [2.24, 2.45) is 0 Å². The van der Waals surface area contributed by atoms with Crippen LogP contribution < -0.4 is 10.1 Å². The van der Waals surface area contributed by atoms with E-state index in [-0.39, 0.29) is 5.88 Å². The average molecular weight is 247 g/mol. The Balaban J connectivity index is 2.27. The molecule has 0 radical (unpaired) electrons. The van der Waals surface area contributed by atoms with Crippen molar-refractivity contribution in [3.05, 3.63) is 41.8 Å². The Kier molecular flexibility index (Phi) is 3.72. The van der Waals surface area contributed by atoms with Crippen LogP contribution in [0.5, 0.6) is 11.6 Å². The van der Waals surface area contributed by atoms with Crippen LogP contribution in [0.25, 0.3) is 0 Å². The van der Waals surface area contributed by atoms with Crippen molar-refractivity contribution in [1.82, 2.24) is 9.97 Å². The molecule has 94 valence electrons. The number of anilines is 1. The highest BCUT2D eigenvalue weighted by molar-refractivity contribution is 5.34. The first kappa shape index (κ1) is 12.3. The Morgan fingerprint density at radius 2 is 2.22 bits per heavy atom. The molecule has 5 heteroatoms. The fraction of sp³-hybridized carbons (Fsp3) is 0.231. The monoisotopic (exact) mass is 247 g/mol. The molecule has 1 N–H and O–H groups in total. The predicted molar refractivity (Wildman–Crippen MR) is 67.4 cm³/mol. The van der Waals surface area contributed by atoms with Gasteiger partial charge in [0.25, 0.3) is 5.88 Å². The van der Waals surface area contributed by atoms with Gasteiger partial charge in [-0.05, 0) is 24.1 Å². The van der Waals surface area contributed by atoms with Crippen LogP contribution in [-0.2, 0) is 6.42 Å². The van der Waals surface area contributed by atoms with Gasteiger partial charge in [0.05, 0.1) is 6.20 Å². The van der Waals surface area contributed by atoms with Gasteiger partial charge in [0.15, 0.2) is 0 Å². The lowest BCUT2D eigenvalue weighted by atomic mass is 10.2. The Hall–Kier alpha value is -2.17. The average Bonchev–Trinajstić information content (AvgIpc) is 2.41. The molecule has 0 bridgehead atoms. The maximum absolute atomic E-state index is 13.5. The second-order valence-corrected chi connectivity index (χ2v) is 3.70. The number of aromatic nitrogens is 2. The van der Waals surface area contributed by atoms with Crippen LogP contribution in [-0.4, -0.2) is 17.0 Å². The van der Waals surface area contributed by atoms with Gasteiger partial charge in [-0.15, -0.1) is 0 Å². The minimum Gasteiger partial charge on any atom is -0.436 e. The molecule has 0 saturated carbocycles. The lowest BCUT2D eigenvalue weighted by Crippen LogP contribution is -2.00. The molecule has 18 heavy (non-hydrogen) atoms. The van der Waals surface area contributed by atoms with Gasteiger partial charge in [0.2, 0.25) is 11.8 Å². The highest BCUT2D eigenvalue weighted by Gasteiger charge is 2.09. The van der Waals surface area contributed by atoms with Gasteiger partial charge in [0.1, 0.15) is 5.75 Å². The zero-order valence-electron chi connectivity index (χ0n) is 10.3. The maximum atomic E-state index is 13.5. The van der Waals surface area contributed by atoms with Crippen LogP contribution in [0.15, 0.2) is 30.5 Å². The van der Waals surface area contributed by atoms with Gasteiger partial charge < -0.3 is 10.1 Å². The van der Waals surface area contributed by atoms with Gasteiger partial charge in [-0.2, -0.15) is 9.37 Å². The van der Waals surface area contributed by atoms with E-state index in [1.165, 1.54) is 0 Å². The fourth-order valence-corrected chi connectivity index (χ4v) is 1.48. The molecule has 0 aliphatic heterocycles. The molecule has 2 rings (SSSR count). The second-order valence-electron chi connectivity index (χ2n) is 3.70. The van der Waals surface area contributed by atoms with Crippen molar-refractivity contribution in [2.75, 3.05) is 12.4 Å². The molecule has 0 aliphatic carbocycles. The van der Waals surface area contributed by atoms with E-state index in [4.69, 9.17) is 4.74 Å². The molecule has 1 aromatic carbocycles. The number of halogens is 1. The third kappa shape index (κ3) is 2.74. The molecule has 0 fully saturated rings. The number of nitrogens with zero attached hydrogens (tertiary/aromatic N) is 2. The largest absolute Gasteiger partial charge is 0.436 e. The lowest BCUT2D eigenvalue weighted by Gasteiger charge is -2.07. The maximum Gasteiger partial charge on any atom is 0.260 e. The predicted octanol–water partition coefficient (Wildman–Crippen LogP) is 3.01. The molecule has 4 nitrogen and oxygen atoms in total. The molecule has 0 unspecified atom stereocenters. The van der Waals surface area contributed by atoms with E-state index in [9.17, 15) is 4.39 Å². The minimum atomic E-state index is -0.587. The van der Waals surface area contributed by atoms with Crippen molar-refractivity contribution < 1.29 is 9.13 Å². The molecule has 0 aliphatic rings. The first-order valence-corrected chi connectivity index (χ1v) is 5.70. The summed E-state index contributed by atoms with van der Waals surface area (Å²) in [6.07, 6.45) is 1.98. The van der Waals surface area contributed by atoms with Gasteiger partial charge >= 0.3 is 0 Å². The molecule has 1 heterocycles. The summed E-state index contributed by atoms with van der Waals surface area (Å²) in [6, 6.07) is 7.48. The first-order valence-electron chi connectivity index (χ1n) is 5.70. The summed E-state index contributed by atoms with van der Waals surface area (Å²) >= 11 is 0. The topological polar surface area (TPSA) is 47.0 Å². The van der Waals surface area contributed by atoms with E-state index >= 15 is 0 Å². The fourth-order valence-electron chi connectivity index (χ4n) is 1.48. The number of aryl methyl sites for hydroxylation is 1. The summed E-state index contributed by atoms with van der Waals surface area (Å²) in [4.78, 5) is 7.68. The summed E-state index contributed by atoms with van der Waals surface area (Å²) in [5.41, 5.74) is 1.12. The molecule has 1 aromatic heterocycles. The highest BCUT2D eigenvalue weighted by Crippen LogP contribution is 2.23. The number of rotatable bonds is 4. The molecular weight excluding hydrogens is 233 g/mol. The summed E-state index contributed by atoms with van der Waals surface area (Å²) < 4.78 is 18.9. The second kappa shape index (κ2) is 5.44. The zero-order valence-corrected chi connectivity index (χ0v) is 10.3.